The third kappa shape index (κ3) is 38.4. The maximum absolute atomic E-state index is 10.4. The van der Waals surface area contributed by atoms with Gasteiger partial charge >= 0.3 is 30.8 Å². The molecule has 23 heavy (non-hydrogen) atoms. The number of aliphatic hydroxyl groups excluding tert-OH is 1. The molecular weight excluding hydrogens is 299 g/mol. The number of carboxylic acids is 1. The summed E-state index contributed by atoms with van der Waals surface area (Å²) in [5.74, 6) is -2.16. The Morgan fingerprint density at radius 3 is 1.70 bits per heavy atom. The zero-order valence-corrected chi connectivity index (χ0v) is 13.8. The molecule has 0 heterocycles. The number of esters is 2. The molecule has 1 N–H and O–H groups in total. The van der Waals surface area contributed by atoms with Crippen molar-refractivity contribution in [1.29, 1.82) is 0 Å². The van der Waals surface area contributed by atoms with Crippen LogP contribution in [0.25, 0.3) is 0 Å². The van der Waals surface area contributed by atoms with Crippen LogP contribution < -0.4 is 24.0 Å². The minimum atomic E-state index is -1.23. The number of unbranched alkanes of at least 4 members (excludes halogenated alkanes) is 2. The molecule has 0 rings (SSSR count). The van der Waals surface area contributed by atoms with Crippen molar-refractivity contribution in [3.8, 4) is 0 Å². The molecule has 0 aromatic rings. The van der Waals surface area contributed by atoms with Crippen LogP contribution in [0, 0.1) is 0 Å². The number of ether oxygens (including phenoxy) is 2. The van der Waals surface area contributed by atoms with Gasteiger partial charge in [0.25, 0.3) is 0 Å². The van der Waals surface area contributed by atoms with Gasteiger partial charge in [-0.3, -0.25) is 0 Å². The van der Waals surface area contributed by atoms with Gasteiger partial charge in [0.2, 0.25) is 0 Å². The van der Waals surface area contributed by atoms with Crippen molar-refractivity contribution in [2.24, 2.45) is 0 Å². The second-order valence-corrected chi connectivity index (χ2v) is 3.40. The van der Waals surface area contributed by atoms with E-state index in [9.17, 15) is 9.59 Å². The van der Waals surface area contributed by atoms with Gasteiger partial charge in [-0.1, -0.05) is 39.5 Å². The molecule has 0 radical (unpaired) electrons. The van der Waals surface area contributed by atoms with Crippen LogP contribution in [-0.4, -0.2) is 36.4 Å². The molecule has 0 aliphatic rings. The van der Waals surface area contributed by atoms with Gasteiger partial charge in [-0.25, -0.2) is 9.59 Å². The van der Waals surface area contributed by atoms with E-state index in [1.54, 1.807) is 0 Å². The van der Waals surface area contributed by atoms with Crippen LogP contribution >= 0.6 is 0 Å². The van der Waals surface area contributed by atoms with Crippen LogP contribution in [0.15, 0.2) is 38.0 Å². The number of aliphatic carboxylic acids is 1. The van der Waals surface area contributed by atoms with Crippen molar-refractivity contribution >= 4 is 17.9 Å². The average molecular weight is 322 g/mol. The van der Waals surface area contributed by atoms with E-state index < -0.39 is 18.7 Å². The number of carbonyl (C=O) groups is 3. The first-order valence-electron chi connectivity index (χ1n) is 6.42. The number of hydrogen-bond acceptors (Lipinski definition) is 7. The Morgan fingerprint density at radius 1 is 1.00 bits per heavy atom. The fourth-order valence-electron chi connectivity index (χ4n) is 0.706. The van der Waals surface area contributed by atoms with Gasteiger partial charge in [-0.15, -0.1) is 0 Å². The van der Waals surface area contributed by atoms with Gasteiger partial charge in [-0.2, -0.15) is 0 Å². The van der Waals surface area contributed by atoms with E-state index in [-0.39, 0.29) is 24.8 Å². The summed E-state index contributed by atoms with van der Waals surface area (Å²) in [6.07, 6.45) is 6.11. The Labute approximate surface area is 148 Å². The topological polar surface area (TPSA) is 113 Å². The third-order valence-corrected chi connectivity index (χ3v) is 1.70. The number of rotatable bonds is 8. The van der Waals surface area contributed by atoms with Gasteiger partial charge < -0.3 is 24.5 Å². The minimum Gasteiger partial charge on any atom is -0.545 e. The third-order valence-electron chi connectivity index (χ3n) is 1.70. The zero-order chi connectivity index (χ0) is 17.8. The molecule has 0 saturated heterocycles. The predicted molar refractivity (Wildman–Crippen MR) is 79.3 cm³/mol. The number of carboxylic acid groups (broad SMARTS) is 1. The number of aliphatic hydroxyl groups is 1. The SMILES string of the molecule is C=CC(=O)OCCCCC.C=CC(=O)OCO.C=CC(=O)[O-].[Li+]. The van der Waals surface area contributed by atoms with E-state index >= 15 is 0 Å². The standard InChI is InChI=1S/C8H14O2.C4H6O3.C3H4O2.Li/c1-3-5-6-7-10-8(9)4-2;1-2-4(6)7-3-5;1-2-3(4)5;/h4H,2-3,5-7H2,1H3;2,5H,1,3H2;2H,1H2,(H,4,5);/q;;;+1/p-1. The Kier molecular flexibility index (Phi) is 32.0. The molecule has 0 atom stereocenters. The van der Waals surface area contributed by atoms with Gasteiger partial charge in [0.15, 0.2) is 6.79 Å². The van der Waals surface area contributed by atoms with Crippen LogP contribution in [0.1, 0.15) is 26.2 Å². The molecule has 0 bridgehead atoms. The quantitative estimate of drug-likeness (QED) is 0.173. The Morgan fingerprint density at radius 2 is 1.43 bits per heavy atom. The molecule has 0 spiro atoms. The summed E-state index contributed by atoms with van der Waals surface area (Å²) in [6.45, 7) is 11.3. The van der Waals surface area contributed by atoms with Crippen LogP contribution in [0.4, 0.5) is 0 Å². The fraction of sp³-hybridized carbons (Fsp3) is 0.400. The molecule has 0 aliphatic carbocycles. The van der Waals surface area contributed by atoms with Crippen LogP contribution in [-0.2, 0) is 23.9 Å². The van der Waals surface area contributed by atoms with E-state index in [1.807, 2.05) is 0 Å². The van der Waals surface area contributed by atoms with Crippen LogP contribution in [0.2, 0.25) is 0 Å². The molecule has 0 aliphatic heterocycles. The van der Waals surface area contributed by atoms with E-state index in [0.717, 1.165) is 31.4 Å². The molecule has 126 valence electrons. The first-order chi connectivity index (χ1) is 10.4. The fourth-order valence-corrected chi connectivity index (χ4v) is 0.706. The number of hydrogen-bond donors (Lipinski definition) is 1. The second kappa shape index (κ2) is 25.2. The molecule has 0 saturated carbocycles. The first kappa shape index (κ1) is 29.2. The summed E-state index contributed by atoms with van der Waals surface area (Å²) in [6, 6.07) is 0. The largest absolute Gasteiger partial charge is 1.00 e. The first-order valence-corrected chi connectivity index (χ1v) is 6.42. The van der Waals surface area contributed by atoms with Gasteiger partial charge in [0.1, 0.15) is 0 Å². The van der Waals surface area contributed by atoms with Crippen LogP contribution in [0.3, 0.4) is 0 Å². The van der Waals surface area contributed by atoms with Gasteiger partial charge in [0.05, 0.1) is 12.6 Å². The molecule has 0 aromatic carbocycles. The van der Waals surface area contributed by atoms with E-state index in [1.165, 1.54) is 6.08 Å². The maximum Gasteiger partial charge on any atom is 1.00 e. The van der Waals surface area contributed by atoms with Crippen LogP contribution in [0.5, 0.6) is 0 Å². The number of carbonyl (C=O) groups excluding carboxylic acids is 3. The smallest absolute Gasteiger partial charge is 0.545 e. The molecule has 0 amide bonds. The maximum atomic E-state index is 10.4. The van der Waals surface area contributed by atoms with Crippen molar-refractivity contribution in [3.05, 3.63) is 38.0 Å². The molecular formula is C15H23LiO7. The van der Waals surface area contributed by atoms with Crippen molar-refractivity contribution in [2.45, 2.75) is 26.2 Å². The van der Waals surface area contributed by atoms with Crippen molar-refractivity contribution in [3.63, 3.8) is 0 Å². The molecule has 8 heteroatoms. The Bertz CT molecular complexity index is 354. The van der Waals surface area contributed by atoms with E-state index in [0.29, 0.717) is 6.61 Å². The Balaban J connectivity index is -0.000000123. The van der Waals surface area contributed by atoms with E-state index in [4.69, 9.17) is 19.7 Å². The summed E-state index contributed by atoms with van der Waals surface area (Å²) < 4.78 is 8.73. The van der Waals surface area contributed by atoms with E-state index in [2.05, 4.69) is 31.4 Å². The molecule has 7 nitrogen and oxygen atoms in total. The normalized spacial score (nSPS) is 7.57. The van der Waals surface area contributed by atoms with Crippen molar-refractivity contribution in [1.82, 2.24) is 0 Å². The second-order valence-electron chi connectivity index (χ2n) is 3.40. The monoisotopic (exact) mass is 322 g/mol. The average Bonchev–Trinajstić information content (AvgIpc) is 2.52. The molecule has 0 aromatic heterocycles. The Hall–Kier alpha value is -1.81. The van der Waals surface area contributed by atoms with Crippen molar-refractivity contribution in [2.75, 3.05) is 13.4 Å². The minimum absolute atomic E-state index is 0. The molecule has 0 fully saturated rings. The summed E-state index contributed by atoms with van der Waals surface area (Å²) in [5.41, 5.74) is 0. The summed E-state index contributed by atoms with van der Waals surface area (Å²) >= 11 is 0. The summed E-state index contributed by atoms with van der Waals surface area (Å²) in [7, 11) is 0. The van der Waals surface area contributed by atoms with Crippen molar-refractivity contribution < 1.29 is 52.9 Å². The van der Waals surface area contributed by atoms with Gasteiger partial charge in [0, 0.05) is 12.2 Å². The summed E-state index contributed by atoms with van der Waals surface area (Å²) in [4.78, 5) is 29.5. The molecule has 0 unspecified atom stereocenters. The summed E-state index contributed by atoms with van der Waals surface area (Å²) in [5, 5.41) is 17.0. The van der Waals surface area contributed by atoms with Gasteiger partial charge in [-0.05, 0) is 12.5 Å². The predicted octanol–water partition coefficient (Wildman–Crippen LogP) is -2.50. The zero-order valence-electron chi connectivity index (χ0n) is 13.8.